The Morgan fingerprint density at radius 3 is 2.50 bits per heavy atom. The summed E-state index contributed by atoms with van der Waals surface area (Å²) in [6.45, 7) is 5.27. The Labute approximate surface area is 206 Å². The van der Waals surface area contributed by atoms with Crippen molar-refractivity contribution < 1.29 is 24.4 Å². The Morgan fingerprint density at radius 1 is 1.18 bits per heavy atom. The standard InChI is InChI=1S/C22H24Cl2N4O6/c1-12(2)8-18(26-21(30)13(3)34-20-7-4-15(23)10-17(20)24)22(31)27-25-11-14-9-16(28(32)33)5-6-19(14)29/h4-7,9-13,18,29H,8H2,1-3H3,(H,26,30)(H,27,31)/b25-11-/t13-,18+/m1/s1. The molecule has 0 unspecified atom stereocenters. The molecule has 10 nitrogen and oxygen atoms in total. The van der Waals surface area contributed by atoms with Crippen LogP contribution in [-0.2, 0) is 9.59 Å². The molecule has 2 rings (SSSR count). The summed E-state index contributed by atoms with van der Waals surface area (Å²) in [5.41, 5.74) is 2.08. The van der Waals surface area contributed by atoms with Crippen molar-refractivity contribution in [1.82, 2.24) is 10.7 Å². The highest BCUT2D eigenvalue weighted by molar-refractivity contribution is 6.35. The summed E-state index contributed by atoms with van der Waals surface area (Å²) in [6.07, 6.45) is 0.415. The number of nitro benzene ring substituents is 1. The van der Waals surface area contributed by atoms with Crippen molar-refractivity contribution in [2.75, 3.05) is 0 Å². The van der Waals surface area contributed by atoms with Gasteiger partial charge in [0.25, 0.3) is 17.5 Å². The molecule has 3 N–H and O–H groups in total. The first kappa shape index (κ1) is 26.9. The van der Waals surface area contributed by atoms with Gasteiger partial charge in [-0.2, -0.15) is 5.10 Å². The molecule has 182 valence electrons. The Morgan fingerprint density at radius 2 is 1.88 bits per heavy atom. The van der Waals surface area contributed by atoms with Gasteiger partial charge < -0.3 is 15.2 Å². The van der Waals surface area contributed by atoms with E-state index in [-0.39, 0.29) is 33.7 Å². The summed E-state index contributed by atoms with van der Waals surface area (Å²) < 4.78 is 5.58. The van der Waals surface area contributed by atoms with Gasteiger partial charge in [-0.1, -0.05) is 37.0 Å². The van der Waals surface area contributed by atoms with Crippen LogP contribution in [0.15, 0.2) is 41.5 Å². The van der Waals surface area contributed by atoms with Crippen LogP contribution in [0.3, 0.4) is 0 Å². The quantitative estimate of drug-likeness (QED) is 0.249. The summed E-state index contributed by atoms with van der Waals surface area (Å²) in [7, 11) is 0. The largest absolute Gasteiger partial charge is 0.507 e. The SMILES string of the molecule is CC(C)C[C@H](NC(=O)[C@@H](C)Oc1ccc(Cl)cc1Cl)C(=O)N/N=C\c1cc([N+](=O)[O-])ccc1O. The van der Waals surface area contributed by atoms with Crippen molar-refractivity contribution in [3.05, 3.63) is 62.1 Å². The summed E-state index contributed by atoms with van der Waals surface area (Å²) in [4.78, 5) is 35.6. The van der Waals surface area contributed by atoms with Gasteiger partial charge in [0.2, 0.25) is 0 Å². The zero-order valence-corrected chi connectivity index (χ0v) is 20.1. The van der Waals surface area contributed by atoms with E-state index in [1.54, 1.807) is 6.07 Å². The van der Waals surface area contributed by atoms with Crippen LogP contribution in [0, 0.1) is 16.0 Å². The van der Waals surface area contributed by atoms with E-state index in [4.69, 9.17) is 27.9 Å². The summed E-state index contributed by atoms with van der Waals surface area (Å²) >= 11 is 11.9. The van der Waals surface area contributed by atoms with Crippen molar-refractivity contribution in [3.63, 3.8) is 0 Å². The molecule has 0 spiro atoms. The highest BCUT2D eigenvalue weighted by Crippen LogP contribution is 2.28. The lowest BCUT2D eigenvalue weighted by Crippen LogP contribution is -2.49. The molecule has 2 aromatic carbocycles. The molecule has 12 heteroatoms. The molecule has 0 aliphatic rings. The molecule has 0 saturated carbocycles. The lowest BCUT2D eigenvalue weighted by molar-refractivity contribution is -0.384. The average Bonchev–Trinajstić information content (AvgIpc) is 2.75. The second-order valence-corrected chi connectivity index (χ2v) is 8.60. The van der Waals surface area contributed by atoms with Crippen LogP contribution in [0.4, 0.5) is 5.69 Å². The molecule has 0 radical (unpaired) electrons. The third-order valence-corrected chi connectivity index (χ3v) is 5.04. The van der Waals surface area contributed by atoms with Gasteiger partial charge in [-0.15, -0.1) is 0 Å². The number of non-ortho nitro benzene ring substituents is 1. The summed E-state index contributed by atoms with van der Waals surface area (Å²) in [5.74, 6) is -1.09. The Balaban J connectivity index is 2.05. The van der Waals surface area contributed by atoms with Gasteiger partial charge in [0.05, 0.1) is 16.2 Å². The highest BCUT2D eigenvalue weighted by atomic mass is 35.5. The van der Waals surface area contributed by atoms with E-state index >= 15 is 0 Å². The fourth-order valence-electron chi connectivity index (χ4n) is 2.81. The van der Waals surface area contributed by atoms with Gasteiger partial charge in [0.15, 0.2) is 6.10 Å². The number of aromatic hydroxyl groups is 1. The van der Waals surface area contributed by atoms with Crippen LogP contribution in [0.1, 0.15) is 32.8 Å². The van der Waals surface area contributed by atoms with E-state index < -0.39 is 28.9 Å². The van der Waals surface area contributed by atoms with Gasteiger partial charge in [0.1, 0.15) is 17.5 Å². The molecule has 0 aromatic heterocycles. The number of nitrogens with zero attached hydrogens (tertiary/aromatic N) is 2. The van der Waals surface area contributed by atoms with Crippen molar-refractivity contribution in [2.24, 2.45) is 11.0 Å². The van der Waals surface area contributed by atoms with E-state index in [2.05, 4.69) is 15.8 Å². The molecule has 34 heavy (non-hydrogen) atoms. The molecule has 0 fully saturated rings. The van der Waals surface area contributed by atoms with E-state index in [0.29, 0.717) is 11.4 Å². The minimum atomic E-state index is -0.966. The van der Waals surface area contributed by atoms with Crippen LogP contribution in [0.25, 0.3) is 0 Å². The van der Waals surface area contributed by atoms with Crippen LogP contribution >= 0.6 is 23.2 Å². The van der Waals surface area contributed by atoms with Crippen LogP contribution in [0.2, 0.25) is 10.0 Å². The van der Waals surface area contributed by atoms with E-state index in [1.807, 2.05) is 13.8 Å². The van der Waals surface area contributed by atoms with E-state index in [0.717, 1.165) is 24.4 Å². The number of amides is 2. The molecule has 0 heterocycles. The van der Waals surface area contributed by atoms with Gasteiger partial charge in [-0.25, -0.2) is 5.43 Å². The average molecular weight is 511 g/mol. The number of phenols is 1. The predicted octanol–water partition coefficient (Wildman–Crippen LogP) is 4.06. The first-order chi connectivity index (χ1) is 16.0. The third kappa shape index (κ3) is 7.89. The number of carbonyl (C=O) groups excluding carboxylic acids is 2. The number of halogens is 2. The number of hydrogen-bond donors (Lipinski definition) is 3. The van der Waals surface area contributed by atoms with Gasteiger partial charge >= 0.3 is 0 Å². The third-order valence-electron chi connectivity index (χ3n) is 4.51. The van der Waals surface area contributed by atoms with Crippen molar-refractivity contribution in [3.8, 4) is 11.5 Å². The van der Waals surface area contributed by atoms with Crippen molar-refractivity contribution in [1.29, 1.82) is 0 Å². The number of phenolic OH excluding ortho intramolecular Hbond substituents is 1. The molecule has 2 atom stereocenters. The van der Waals surface area contributed by atoms with E-state index in [9.17, 15) is 24.8 Å². The number of benzene rings is 2. The molecule has 2 amide bonds. The fourth-order valence-corrected chi connectivity index (χ4v) is 3.26. The number of rotatable bonds is 10. The van der Waals surface area contributed by atoms with Gasteiger partial charge in [0, 0.05) is 22.7 Å². The maximum absolute atomic E-state index is 12.7. The van der Waals surface area contributed by atoms with Crippen molar-refractivity contribution >= 4 is 46.9 Å². The monoisotopic (exact) mass is 510 g/mol. The normalized spacial score (nSPS) is 12.9. The molecule has 0 aliphatic heterocycles. The second-order valence-electron chi connectivity index (χ2n) is 7.76. The Hall–Kier alpha value is -3.37. The number of carbonyl (C=O) groups is 2. The summed E-state index contributed by atoms with van der Waals surface area (Å²) in [6, 6.07) is 7.05. The molecular weight excluding hydrogens is 487 g/mol. The predicted molar refractivity (Wildman–Crippen MR) is 128 cm³/mol. The number of hydrogen-bond acceptors (Lipinski definition) is 7. The minimum absolute atomic E-state index is 0.0424. The minimum Gasteiger partial charge on any atom is -0.507 e. The molecule has 0 saturated heterocycles. The first-order valence-corrected chi connectivity index (χ1v) is 11.0. The molecule has 0 aliphatic carbocycles. The van der Waals surface area contributed by atoms with Gasteiger partial charge in [-0.3, -0.25) is 19.7 Å². The lowest BCUT2D eigenvalue weighted by atomic mass is 10.0. The number of ether oxygens (including phenoxy) is 1. The summed E-state index contributed by atoms with van der Waals surface area (Å²) in [5, 5.41) is 27.8. The Bertz CT molecular complexity index is 1090. The van der Waals surface area contributed by atoms with Gasteiger partial charge in [-0.05, 0) is 43.5 Å². The highest BCUT2D eigenvalue weighted by Gasteiger charge is 2.25. The zero-order chi connectivity index (χ0) is 25.4. The maximum Gasteiger partial charge on any atom is 0.270 e. The topological polar surface area (TPSA) is 143 Å². The number of hydrazone groups is 1. The smallest absolute Gasteiger partial charge is 0.270 e. The van der Waals surface area contributed by atoms with Crippen molar-refractivity contribution in [2.45, 2.75) is 39.3 Å². The van der Waals surface area contributed by atoms with Crippen LogP contribution < -0.4 is 15.5 Å². The number of nitrogens with one attached hydrogen (secondary N) is 2. The zero-order valence-electron chi connectivity index (χ0n) is 18.6. The lowest BCUT2D eigenvalue weighted by Gasteiger charge is -2.22. The van der Waals surface area contributed by atoms with E-state index in [1.165, 1.54) is 19.1 Å². The molecular formula is C22H24Cl2N4O6. The first-order valence-electron chi connectivity index (χ1n) is 10.2. The second kappa shape index (κ2) is 12.2. The fraction of sp³-hybridized carbons (Fsp3) is 0.318. The molecule has 0 bridgehead atoms. The number of nitro groups is 1. The Kier molecular flexibility index (Phi) is 9.64. The van der Waals surface area contributed by atoms with Crippen LogP contribution in [0.5, 0.6) is 11.5 Å². The van der Waals surface area contributed by atoms with Crippen LogP contribution in [-0.4, -0.2) is 40.2 Å². The molecule has 2 aromatic rings. The maximum atomic E-state index is 12.7.